The normalized spacial score (nSPS) is 15.7. The molecule has 1 fully saturated rings. The summed E-state index contributed by atoms with van der Waals surface area (Å²) in [6, 6.07) is 0. The molecular weight excluding hydrogens is 412 g/mol. The quantitative estimate of drug-likeness (QED) is 0.540. The minimum atomic E-state index is -0.576. The largest absolute Gasteiger partial charge is 0.462 e. The van der Waals surface area contributed by atoms with Gasteiger partial charge in [-0.15, -0.1) is 11.3 Å². The minimum Gasteiger partial charge on any atom is -0.462 e. The second kappa shape index (κ2) is 9.13. The molecule has 1 aliphatic rings. The summed E-state index contributed by atoms with van der Waals surface area (Å²) in [5, 5.41) is 3.60. The van der Waals surface area contributed by atoms with Gasteiger partial charge in [0.25, 0.3) is 0 Å². The van der Waals surface area contributed by atoms with Gasteiger partial charge < -0.3 is 10.1 Å². The molecule has 0 aliphatic carbocycles. The van der Waals surface area contributed by atoms with E-state index in [9.17, 15) is 19.2 Å². The van der Waals surface area contributed by atoms with E-state index in [2.05, 4.69) is 5.32 Å². The molecule has 1 aromatic heterocycles. The van der Waals surface area contributed by atoms with E-state index in [1.807, 2.05) is 6.92 Å². The summed E-state index contributed by atoms with van der Waals surface area (Å²) in [5.41, 5.74) is 0.518. The molecule has 2 amide bonds. The maximum atomic E-state index is 12.6. The predicted octanol–water partition coefficient (Wildman–Crippen LogP) is 3.51. The number of nitrogens with one attached hydrogen (secondary N) is 1. The number of thioether (sulfide) groups is 1. The van der Waals surface area contributed by atoms with Gasteiger partial charge in [0.15, 0.2) is 5.78 Å². The minimum absolute atomic E-state index is 0.116. The fraction of sp³-hybridized carbons (Fsp3) is 0.500. The van der Waals surface area contributed by atoms with Crippen LogP contribution in [0.4, 0.5) is 5.00 Å². The van der Waals surface area contributed by atoms with Gasteiger partial charge in [0, 0.05) is 16.4 Å². The highest BCUT2D eigenvalue weighted by Crippen LogP contribution is 2.34. The molecular formula is C20H26N2O5S2. The molecule has 2 heterocycles. The van der Waals surface area contributed by atoms with Crippen LogP contribution in [0.25, 0.3) is 0 Å². The third-order valence-corrected chi connectivity index (χ3v) is 6.47. The van der Waals surface area contributed by atoms with E-state index in [-0.39, 0.29) is 30.6 Å². The molecule has 1 aliphatic heterocycles. The second-order valence-corrected chi connectivity index (χ2v) is 9.84. The number of anilines is 1. The number of hydrogen-bond donors (Lipinski definition) is 1. The van der Waals surface area contributed by atoms with E-state index in [4.69, 9.17) is 4.74 Å². The van der Waals surface area contributed by atoms with Gasteiger partial charge in [-0.25, -0.2) is 4.79 Å². The van der Waals surface area contributed by atoms with Crippen molar-refractivity contribution < 1.29 is 23.9 Å². The van der Waals surface area contributed by atoms with Gasteiger partial charge >= 0.3 is 5.97 Å². The van der Waals surface area contributed by atoms with Crippen LogP contribution in [0.15, 0.2) is 11.1 Å². The van der Waals surface area contributed by atoms with Gasteiger partial charge in [-0.2, -0.15) is 0 Å². The average Bonchev–Trinajstić information content (AvgIpc) is 3.07. The lowest BCUT2D eigenvalue weighted by molar-refractivity contribution is -0.129. The standard InChI is InChI=1S/C20H26N2O5S2/c1-7-27-19(26)17-11(2)12(3)29-18(17)21-14(24)9-22-15(25)10-28-16(22)8-13(23)20(4,5)6/h8H,7,9-10H2,1-6H3,(H,21,24)/b16-8-. The number of hydrogen-bond acceptors (Lipinski definition) is 7. The first-order chi connectivity index (χ1) is 13.5. The van der Waals surface area contributed by atoms with Gasteiger partial charge in [-0.3, -0.25) is 19.3 Å². The van der Waals surface area contributed by atoms with E-state index < -0.39 is 17.3 Å². The van der Waals surface area contributed by atoms with Crippen LogP contribution in [-0.4, -0.2) is 47.4 Å². The summed E-state index contributed by atoms with van der Waals surface area (Å²) in [4.78, 5) is 51.6. The van der Waals surface area contributed by atoms with Crippen LogP contribution in [0.3, 0.4) is 0 Å². The van der Waals surface area contributed by atoms with E-state index in [0.717, 1.165) is 10.4 Å². The van der Waals surface area contributed by atoms with Crippen LogP contribution in [-0.2, 0) is 19.1 Å². The molecule has 0 aromatic carbocycles. The van der Waals surface area contributed by atoms with Crippen LogP contribution >= 0.6 is 23.1 Å². The van der Waals surface area contributed by atoms with Crippen LogP contribution < -0.4 is 5.32 Å². The zero-order valence-corrected chi connectivity index (χ0v) is 19.1. The number of ketones is 1. The Labute approximate surface area is 178 Å². The fourth-order valence-electron chi connectivity index (χ4n) is 2.50. The predicted molar refractivity (Wildman–Crippen MR) is 115 cm³/mol. The van der Waals surface area contributed by atoms with Crippen molar-refractivity contribution in [2.75, 3.05) is 24.2 Å². The summed E-state index contributed by atoms with van der Waals surface area (Å²) in [5.74, 6) is -1.10. The first-order valence-electron chi connectivity index (χ1n) is 9.22. The number of aryl methyl sites for hydroxylation is 1. The number of amides is 2. The molecule has 0 unspecified atom stereocenters. The molecule has 29 heavy (non-hydrogen) atoms. The van der Waals surface area contributed by atoms with Crippen molar-refractivity contribution in [3.8, 4) is 0 Å². The Bertz CT molecular complexity index is 880. The molecule has 158 valence electrons. The SMILES string of the molecule is CCOC(=O)c1c(NC(=O)CN2C(=O)CS/C2=C\C(=O)C(C)(C)C)sc(C)c1C. The van der Waals surface area contributed by atoms with Gasteiger partial charge in [0.1, 0.15) is 11.5 Å². The lowest BCUT2D eigenvalue weighted by atomic mass is 9.91. The second-order valence-electron chi connectivity index (χ2n) is 7.62. The Morgan fingerprint density at radius 1 is 1.24 bits per heavy atom. The number of ether oxygens (including phenoxy) is 1. The van der Waals surface area contributed by atoms with Crippen LogP contribution in [0.2, 0.25) is 0 Å². The Hall–Kier alpha value is -2.13. The molecule has 2 rings (SSSR count). The Morgan fingerprint density at radius 3 is 2.48 bits per heavy atom. The van der Waals surface area contributed by atoms with Crippen LogP contribution in [0.1, 0.15) is 48.5 Å². The van der Waals surface area contributed by atoms with Gasteiger partial charge in [-0.05, 0) is 26.3 Å². The molecule has 0 saturated carbocycles. The first kappa shape index (κ1) is 23.2. The Kier molecular flexibility index (Phi) is 7.29. The number of carbonyl (C=O) groups excluding carboxylic acids is 4. The molecule has 9 heteroatoms. The first-order valence-corrected chi connectivity index (χ1v) is 11.0. The highest BCUT2D eigenvalue weighted by atomic mass is 32.2. The summed E-state index contributed by atoms with van der Waals surface area (Å²) in [7, 11) is 0. The van der Waals surface area contributed by atoms with Crippen molar-refractivity contribution in [1.29, 1.82) is 0 Å². The number of thiophene rings is 1. The van der Waals surface area contributed by atoms with Crippen molar-refractivity contribution in [3.05, 3.63) is 27.1 Å². The molecule has 0 bridgehead atoms. The number of carbonyl (C=O) groups is 4. The van der Waals surface area contributed by atoms with Gasteiger partial charge in [0.2, 0.25) is 11.8 Å². The van der Waals surface area contributed by atoms with Crippen molar-refractivity contribution in [3.63, 3.8) is 0 Å². The Morgan fingerprint density at radius 2 is 1.90 bits per heavy atom. The van der Waals surface area contributed by atoms with Crippen molar-refractivity contribution in [2.45, 2.75) is 41.5 Å². The third-order valence-electron chi connectivity index (χ3n) is 4.32. The highest BCUT2D eigenvalue weighted by molar-refractivity contribution is 8.04. The lowest BCUT2D eigenvalue weighted by Crippen LogP contribution is -2.34. The maximum absolute atomic E-state index is 12.6. The van der Waals surface area contributed by atoms with E-state index in [1.54, 1.807) is 34.6 Å². The fourth-order valence-corrected chi connectivity index (χ4v) is 4.51. The highest BCUT2D eigenvalue weighted by Gasteiger charge is 2.31. The molecule has 0 spiro atoms. The number of nitrogens with zero attached hydrogens (tertiary/aromatic N) is 1. The number of allylic oxidation sites excluding steroid dienone is 1. The summed E-state index contributed by atoms with van der Waals surface area (Å²) in [6.07, 6.45) is 1.42. The summed E-state index contributed by atoms with van der Waals surface area (Å²) >= 11 is 2.52. The smallest absolute Gasteiger partial charge is 0.341 e. The summed E-state index contributed by atoms with van der Waals surface area (Å²) in [6.45, 7) is 10.8. The molecule has 1 aromatic rings. The number of rotatable bonds is 6. The van der Waals surface area contributed by atoms with E-state index >= 15 is 0 Å². The lowest BCUT2D eigenvalue weighted by Gasteiger charge is -2.19. The van der Waals surface area contributed by atoms with Crippen molar-refractivity contribution in [1.82, 2.24) is 4.90 Å². The van der Waals surface area contributed by atoms with Crippen LogP contribution in [0, 0.1) is 19.3 Å². The van der Waals surface area contributed by atoms with Gasteiger partial charge in [0.05, 0.1) is 23.0 Å². The number of esters is 1. The molecule has 0 radical (unpaired) electrons. The monoisotopic (exact) mass is 438 g/mol. The van der Waals surface area contributed by atoms with E-state index in [0.29, 0.717) is 15.6 Å². The van der Waals surface area contributed by atoms with Crippen LogP contribution in [0.5, 0.6) is 0 Å². The van der Waals surface area contributed by atoms with Gasteiger partial charge in [-0.1, -0.05) is 32.5 Å². The van der Waals surface area contributed by atoms with Crippen molar-refractivity contribution in [2.24, 2.45) is 5.41 Å². The zero-order valence-electron chi connectivity index (χ0n) is 17.5. The maximum Gasteiger partial charge on any atom is 0.341 e. The average molecular weight is 439 g/mol. The third kappa shape index (κ3) is 5.48. The van der Waals surface area contributed by atoms with Crippen molar-refractivity contribution >= 4 is 51.7 Å². The zero-order chi connectivity index (χ0) is 21.9. The molecule has 1 saturated heterocycles. The topological polar surface area (TPSA) is 92.8 Å². The van der Waals surface area contributed by atoms with E-state index in [1.165, 1.54) is 34.1 Å². The summed E-state index contributed by atoms with van der Waals surface area (Å²) < 4.78 is 5.09. The Balaban J connectivity index is 2.19. The molecule has 1 N–H and O–H groups in total. The molecule has 7 nitrogen and oxygen atoms in total. The molecule has 0 atom stereocenters.